The molecule has 0 unspecified atom stereocenters. The summed E-state index contributed by atoms with van der Waals surface area (Å²) in [6, 6.07) is 5.40. The van der Waals surface area contributed by atoms with Crippen LogP contribution in [0, 0.1) is 18.6 Å². The number of para-hydroxylation sites is 1. The second-order valence-electron chi connectivity index (χ2n) is 5.23. The Morgan fingerprint density at radius 3 is 2.62 bits per heavy atom. The molecular weight excluding hydrogens is 276 g/mol. The van der Waals surface area contributed by atoms with Crippen molar-refractivity contribution < 1.29 is 8.78 Å². The number of aryl methyl sites for hydroxylation is 1. The fraction of sp³-hybridized carbons (Fsp3) is 0.333. The van der Waals surface area contributed by atoms with E-state index in [1.807, 2.05) is 0 Å². The molecule has 0 atom stereocenters. The lowest BCUT2D eigenvalue weighted by Gasteiger charge is -2.13. The highest BCUT2D eigenvalue weighted by atomic mass is 19.1. The summed E-state index contributed by atoms with van der Waals surface area (Å²) in [6.45, 7) is 1.90. The van der Waals surface area contributed by atoms with Gasteiger partial charge < -0.3 is 5.32 Å². The van der Waals surface area contributed by atoms with Crippen LogP contribution in [0.5, 0.6) is 0 Å². The molecule has 0 spiro atoms. The lowest BCUT2D eigenvalue weighted by atomic mass is 10.2. The van der Waals surface area contributed by atoms with Crippen LogP contribution in [0.1, 0.15) is 24.2 Å². The Bertz CT molecular complexity index is 718. The van der Waals surface area contributed by atoms with Gasteiger partial charge in [-0.25, -0.2) is 13.5 Å². The molecule has 1 fully saturated rings. The fourth-order valence-electron chi connectivity index (χ4n) is 2.15. The van der Waals surface area contributed by atoms with Crippen molar-refractivity contribution in [3.05, 3.63) is 57.5 Å². The van der Waals surface area contributed by atoms with E-state index >= 15 is 0 Å². The Balaban J connectivity index is 2.04. The molecule has 2 aromatic rings. The quantitative estimate of drug-likeness (QED) is 0.938. The first-order valence-electron chi connectivity index (χ1n) is 6.84. The van der Waals surface area contributed by atoms with Crippen LogP contribution in [0.25, 0.3) is 5.69 Å². The second kappa shape index (κ2) is 5.37. The molecule has 110 valence electrons. The predicted octanol–water partition coefficient (Wildman–Crippen LogP) is 2.07. The number of halogens is 2. The SMILES string of the molecule is Cc1cc(=O)c(CNC2CC2)nn1-c1c(F)cccc1F. The maximum absolute atomic E-state index is 13.9. The van der Waals surface area contributed by atoms with Crippen molar-refractivity contribution in [2.24, 2.45) is 0 Å². The van der Waals surface area contributed by atoms with E-state index in [0.717, 1.165) is 17.5 Å². The summed E-state index contributed by atoms with van der Waals surface area (Å²) >= 11 is 0. The van der Waals surface area contributed by atoms with Gasteiger partial charge in [0.05, 0.1) is 0 Å². The topological polar surface area (TPSA) is 46.9 Å². The lowest BCUT2D eigenvalue weighted by Crippen LogP contribution is -2.26. The van der Waals surface area contributed by atoms with Crippen molar-refractivity contribution >= 4 is 0 Å². The molecule has 1 aromatic carbocycles. The van der Waals surface area contributed by atoms with Crippen molar-refractivity contribution in [3.63, 3.8) is 0 Å². The van der Waals surface area contributed by atoms with Gasteiger partial charge in [0.15, 0.2) is 11.6 Å². The number of hydrogen-bond donors (Lipinski definition) is 1. The molecule has 1 heterocycles. The van der Waals surface area contributed by atoms with Crippen LogP contribution in [0.2, 0.25) is 0 Å². The summed E-state index contributed by atoms with van der Waals surface area (Å²) in [5.41, 5.74) is 0.158. The summed E-state index contributed by atoms with van der Waals surface area (Å²) in [5, 5.41) is 7.30. The van der Waals surface area contributed by atoms with Gasteiger partial charge in [0.25, 0.3) is 0 Å². The van der Waals surface area contributed by atoms with Gasteiger partial charge in [0.2, 0.25) is 5.43 Å². The number of rotatable bonds is 4. The van der Waals surface area contributed by atoms with Gasteiger partial charge >= 0.3 is 0 Å². The highest BCUT2D eigenvalue weighted by molar-refractivity contribution is 5.36. The first-order chi connectivity index (χ1) is 10.1. The first kappa shape index (κ1) is 13.9. The molecule has 1 aliphatic carbocycles. The van der Waals surface area contributed by atoms with E-state index in [1.165, 1.54) is 24.3 Å². The van der Waals surface area contributed by atoms with E-state index in [0.29, 0.717) is 18.3 Å². The summed E-state index contributed by atoms with van der Waals surface area (Å²) in [5.74, 6) is -1.43. The standard InChI is InChI=1S/C15H15F2N3O/c1-9-7-14(21)13(8-18-10-5-6-10)19-20(9)15-11(16)3-2-4-12(15)17/h2-4,7,10,18H,5-6,8H2,1H3. The molecule has 3 rings (SSSR count). The molecule has 1 saturated carbocycles. The third kappa shape index (κ3) is 2.85. The van der Waals surface area contributed by atoms with Crippen molar-refractivity contribution in [3.8, 4) is 5.69 Å². The minimum Gasteiger partial charge on any atom is -0.308 e. The largest absolute Gasteiger partial charge is 0.308 e. The molecule has 4 nitrogen and oxygen atoms in total. The van der Waals surface area contributed by atoms with Gasteiger partial charge in [-0.1, -0.05) is 6.07 Å². The van der Waals surface area contributed by atoms with Crippen LogP contribution in [0.4, 0.5) is 8.78 Å². The lowest BCUT2D eigenvalue weighted by molar-refractivity contribution is 0.548. The van der Waals surface area contributed by atoms with Crippen LogP contribution in [-0.2, 0) is 6.54 Å². The molecule has 0 radical (unpaired) electrons. The highest BCUT2D eigenvalue weighted by Crippen LogP contribution is 2.19. The van der Waals surface area contributed by atoms with E-state index in [4.69, 9.17) is 0 Å². The fourth-order valence-corrected chi connectivity index (χ4v) is 2.15. The van der Waals surface area contributed by atoms with Crippen LogP contribution in [0.15, 0.2) is 29.1 Å². The van der Waals surface area contributed by atoms with Crippen molar-refractivity contribution in [1.29, 1.82) is 0 Å². The van der Waals surface area contributed by atoms with Crippen LogP contribution in [0.3, 0.4) is 0 Å². The second-order valence-corrected chi connectivity index (χ2v) is 5.23. The van der Waals surface area contributed by atoms with Gasteiger partial charge in [-0.3, -0.25) is 4.79 Å². The molecule has 21 heavy (non-hydrogen) atoms. The molecule has 6 heteroatoms. The minimum absolute atomic E-state index is 0.228. The average molecular weight is 291 g/mol. The normalized spacial score (nSPS) is 14.4. The smallest absolute Gasteiger partial charge is 0.204 e. The summed E-state index contributed by atoms with van der Waals surface area (Å²) in [7, 11) is 0. The van der Waals surface area contributed by atoms with Gasteiger partial charge in [-0.2, -0.15) is 5.10 Å². The zero-order chi connectivity index (χ0) is 15.0. The molecule has 1 aromatic heterocycles. The van der Waals surface area contributed by atoms with Crippen LogP contribution in [-0.4, -0.2) is 15.8 Å². The van der Waals surface area contributed by atoms with Gasteiger partial charge in [0, 0.05) is 24.3 Å². The third-order valence-corrected chi connectivity index (χ3v) is 3.46. The van der Waals surface area contributed by atoms with E-state index in [1.54, 1.807) is 6.92 Å². The number of hydrogen-bond acceptors (Lipinski definition) is 3. The molecule has 1 N–H and O–H groups in total. The Labute approximate surface area is 120 Å². The number of nitrogens with one attached hydrogen (secondary N) is 1. The molecule has 0 amide bonds. The number of nitrogens with zero attached hydrogens (tertiary/aromatic N) is 2. The monoisotopic (exact) mass is 291 g/mol. The van der Waals surface area contributed by atoms with E-state index in [2.05, 4.69) is 10.4 Å². The summed E-state index contributed by atoms with van der Waals surface area (Å²) in [6.07, 6.45) is 2.17. The van der Waals surface area contributed by atoms with Crippen molar-refractivity contribution in [1.82, 2.24) is 15.1 Å². The predicted molar refractivity (Wildman–Crippen MR) is 74.3 cm³/mol. The Kier molecular flexibility index (Phi) is 3.55. The molecular formula is C15H15F2N3O. The summed E-state index contributed by atoms with van der Waals surface area (Å²) in [4.78, 5) is 11.9. The number of aromatic nitrogens is 2. The Morgan fingerprint density at radius 2 is 2.00 bits per heavy atom. The maximum atomic E-state index is 13.9. The van der Waals surface area contributed by atoms with Gasteiger partial charge in [0.1, 0.15) is 11.4 Å². The first-order valence-corrected chi connectivity index (χ1v) is 6.84. The van der Waals surface area contributed by atoms with Crippen LogP contribution >= 0.6 is 0 Å². The van der Waals surface area contributed by atoms with Crippen LogP contribution < -0.4 is 10.7 Å². The molecule has 0 bridgehead atoms. The van der Waals surface area contributed by atoms with E-state index in [-0.39, 0.29) is 16.8 Å². The zero-order valence-corrected chi connectivity index (χ0v) is 11.6. The van der Waals surface area contributed by atoms with E-state index in [9.17, 15) is 13.6 Å². The highest BCUT2D eigenvalue weighted by Gasteiger charge is 2.21. The zero-order valence-electron chi connectivity index (χ0n) is 11.6. The van der Waals surface area contributed by atoms with E-state index < -0.39 is 11.6 Å². The Hall–Kier alpha value is -2.08. The van der Waals surface area contributed by atoms with Crippen molar-refractivity contribution in [2.75, 3.05) is 0 Å². The average Bonchev–Trinajstić information content (AvgIpc) is 3.23. The Morgan fingerprint density at radius 1 is 1.33 bits per heavy atom. The number of benzene rings is 1. The third-order valence-electron chi connectivity index (χ3n) is 3.46. The molecule has 0 aliphatic heterocycles. The van der Waals surface area contributed by atoms with Gasteiger partial charge in [-0.15, -0.1) is 0 Å². The molecule has 1 aliphatic rings. The maximum Gasteiger partial charge on any atom is 0.204 e. The summed E-state index contributed by atoms with van der Waals surface area (Å²) < 4.78 is 28.9. The van der Waals surface area contributed by atoms with Gasteiger partial charge in [-0.05, 0) is 31.9 Å². The molecule has 0 saturated heterocycles. The minimum atomic E-state index is -0.713. The van der Waals surface area contributed by atoms with Crippen molar-refractivity contribution in [2.45, 2.75) is 32.4 Å².